The third-order valence-electron chi connectivity index (χ3n) is 6.09. The number of nitrogens with one attached hydrogen (secondary N) is 1. The summed E-state index contributed by atoms with van der Waals surface area (Å²) in [6.07, 6.45) is 7.39. The van der Waals surface area contributed by atoms with Crippen LogP contribution in [0, 0.1) is 0 Å². The Bertz CT molecular complexity index is 984. The van der Waals surface area contributed by atoms with Crippen molar-refractivity contribution in [2.45, 2.75) is 64.1 Å². The van der Waals surface area contributed by atoms with Crippen molar-refractivity contribution in [1.82, 2.24) is 23.9 Å². The molecule has 0 radical (unpaired) electrons. The summed E-state index contributed by atoms with van der Waals surface area (Å²) < 4.78 is 35.9. The van der Waals surface area contributed by atoms with Crippen molar-refractivity contribution in [3.05, 3.63) is 16.8 Å². The molecule has 10 heteroatoms. The lowest BCUT2D eigenvalue weighted by atomic mass is 9.92. The van der Waals surface area contributed by atoms with E-state index in [0.717, 1.165) is 47.9 Å². The molecule has 3 heterocycles. The normalized spacial score (nSPS) is 23.1. The number of hydrogen-bond acceptors (Lipinski definition) is 7. The van der Waals surface area contributed by atoms with Crippen molar-refractivity contribution in [3.63, 3.8) is 0 Å². The van der Waals surface area contributed by atoms with Crippen LogP contribution in [0.15, 0.2) is 6.33 Å². The smallest absolute Gasteiger partial charge is 0.279 e. The van der Waals surface area contributed by atoms with Crippen LogP contribution in [0.3, 0.4) is 0 Å². The van der Waals surface area contributed by atoms with Gasteiger partial charge in [0.25, 0.3) is 10.2 Å². The van der Waals surface area contributed by atoms with Crippen LogP contribution < -0.4 is 9.46 Å². The van der Waals surface area contributed by atoms with E-state index >= 15 is 0 Å². The summed E-state index contributed by atoms with van der Waals surface area (Å²) in [6.45, 7) is 3.22. The molecule has 4 rings (SSSR count). The highest BCUT2D eigenvalue weighted by molar-refractivity contribution is 7.87. The lowest BCUT2D eigenvalue weighted by molar-refractivity contribution is 0.108. The zero-order valence-corrected chi connectivity index (χ0v) is 19.6. The van der Waals surface area contributed by atoms with Gasteiger partial charge in [-0.3, -0.25) is 0 Å². The van der Waals surface area contributed by atoms with Crippen molar-refractivity contribution in [2.75, 3.05) is 27.2 Å². The second-order valence-corrected chi connectivity index (χ2v) is 11.2. The quantitative estimate of drug-likeness (QED) is 0.693. The highest BCUT2D eigenvalue weighted by atomic mass is 32.2. The Kier molecular flexibility index (Phi) is 6.59. The maximum Gasteiger partial charge on any atom is 0.279 e. The van der Waals surface area contributed by atoms with E-state index in [-0.39, 0.29) is 6.10 Å². The molecule has 0 unspecified atom stereocenters. The average Bonchev–Trinajstić information content (AvgIpc) is 3.11. The summed E-state index contributed by atoms with van der Waals surface area (Å²) in [5.41, 5.74) is 1.00. The zero-order valence-electron chi connectivity index (χ0n) is 17.9. The molecule has 30 heavy (non-hydrogen) atoms. The Balaban J connectivity index is 1.56. The molecule has 2 aromatic heterocycles. The van der Waals surface area contributed by atoms with Crippen molar-refractivity contribution in [3.8, 4) is 5.88 Å². The van der Waals surface area contributed by atoms with E-state index in [9.17, 15) is 8.42 Å². The van der Waals surface area contributed by atoms with Gasteiger partial charge in [-0.15, -0.1) is 11.3 Å². The Labute approximate surface area is 182 Å². The monoisotopic (exact) mass is 453 g/mol. The second kappa shape index (κ2) is 9.04. The summed E-state index contributed by atoms with van der Waals surface area (Å²) in [6, 6.07) is 0.610. The van der Waals surface area contributed by atoms with Crippen LogP contribution in [-0.4, -0.2) is 66.9 Å². The van der Waals surface area contributed by atoms with Crippen LogP contribution in [0.5, 0.6) is 5.88 Å². The van der Waals surface area contributed by atoms with Gasteiger partial charge in [-0.25, -0.2) is 14.7 Å². The first-order valence-corrected chi connectivity index (χ1v) is 13.0. The van der Waals surface area contributed by atoms with E-state index in [1.54, 1.807) is 17.7 Å². The molecule has 0 amide bonds. The molecule has 0 spiro atoms. The maximum atomic E-state index is 12.7. The first-order valence-electron chi connectivity index (χ1n) is 10.7. The predicted octanol–water partition coefficient (Wildman–Crippen LogP) is 2.55. The van der Waals surface area contributed by atoms with Crippen LogP contribution >= 0.6 is 11.3 Å². The van der Waals surface area contributed by atoms with Gasteiger partial charge in [-0.1, -0.05) is 6.92 Å². The average molecular weight is 454 g/mol. The van der Waals surface area contributed by atoms with E-state index in [1.807, 2.05) is 6.92 Å². The van der Waals surface area contributed by atoms with Crippen molar-refractivity contribution in [2.24, 2.45) is 0 Å². The SMILES string of the molecule is CCCNS(=O)(=O)N1CCc2sc3ncnc(O[C@H]4CC[C@H](N(C)C)CC4)c3c2C1. The van der Waals surface area contributed by atoms with Gasteiger partial charge < -0.3 is 9.64 Å². The molecule has 2 aromatic rings. The topological polar surface area (TPSA) is 87.7 Å². The molecule has 1 N–H and O–H groups in total. The van der Waals surface area contributed by atoms with Crippen molar-refractivity contribution in [1.29, 1.82) is 0 Å². The lowest BCUT2D eigenvalue weighted by Gasteiger charge is -2.32. The summed E-state index contributed by atoms with van der Waals surface area (Å²) in [5, 5.41) is 0.891. The number of nitrogens with zero attached hydrogens (tertiary/aromatic N) is 4. The molecular weight excluding hydrogens is 422 g/mol. The first kappa shape index (κ1) is 21.9. The minimum absolute atomic E-state index is 0.143. The van der Waals surface area contributed by atoms with Gasteiger partial charge >= 0.3 is 0 Å². The largest absolute Gasteiger partial charge is 0.474 e. The van der Waals surface area contributed by atoms with Gasteiger partial charge in [0.2, 0.25) is 5.88 Å². The molecule has 1 saturated carbocycles. The molecule has 0 aromatic carbocycles. The maximum absolute atomic E-state index is 12.7. The fourth-order valence-corrected chi connectivity index (χ4v) is 6.72. The fourth-order valence-electron chi connectivity index (χ4n) is 4.31. The highest BCUT2D eigenvalue weighted by Crippen LogP contribution is 2.39. The van der Waals surface area contributed by atoms with E-state index in [4.69, 9.17) is 4.74 Å². The van der Waals surface area contributed by atoms with E-state index in [1.165, 1.54) is 9.18 Å². The molecule has 166 valence electrons. The summed E-state index contributed by atoms with van der Waals surface area (Å²) in [5.74, 6) is 0.603. The van der Waals surface area contributed by atoms with Crippen LogP contribution in [0.2, 0.25) is 0 Å². The highest BCUT2D eigenvalue weighted by Gasteiger charge is 2.31. The Morgan fingerprint density at radius 1 is 1.27 bits per heavy atom. The molecule has 8 nitrogen and oxygen atoms in total. The van der Waals surface area contributed by atoms with Crippen LogP contribution in [0.25, 0.3) is 10.2 Å². The summed E-state index contributed by atoms with van der Waals surface area (Å²) >= 11 is 1.63. The van der Waals surface area contributed by atoms with Gasteiger partial charge in [-0.2, -0.15) is 12.7 Å². The molecule has 1 aliphatic heterocycles. The Hall–Kier alpha value is -1.33. The molecule has 1 fully saturated rings. The number of fused-ring (bicyclic) bond motifs is 3. The van der Waals surface area contributed by atoms with Gasteiger partial charge in [0.15, 0.2) is 0 Å². The lowest BCUT2D eigenvalue weighted by Crippen LogP contribution is -2.43. The Morgan fingerprint density at radius 2 is 2.03 bits per heavy atom. The first-order chi connectivity index (χ1) is 14.4. The molecule has 0 bridgehead atoms. The van der Waals surface area contributed by atoms with Crippen molar-refractivity contribution >= 4 is 31.8 Å². The molecular formula is C20H31N5O3S2. The van der Waals surface area contributed by atoms with Crippen molar-refractivity contribution < 1.29 is 13.2 Å². The number of thiophene rings is 1. The van der Waals surface area contributed by atoms with Crippen LogP contribution in [-0.2, 0) is 23.2 Å². The zero-order chi connectivity index (χ0) is 21.3. The van der Waals surface area contributed by atoms with E-state index in [0.29, 0.717) is 38.0 Å². The van der Waals surface area contributed by atoms with E-state index in [2.05, 4.69) is 33.7 Å². The standard InChI is InChI=1S/C20H31N5O3S2/c1-4-10-23-30(26,27)25-11-9-17-16(12-25)18-19(21-13-22-20(18)29-17)28-15-7-5-14(6-8-15)24(2)3/h13-15,23H,4-12H2,1-3H3/t14-,15-. The minimum atomic E-state index is -3.49. The fraction of sp³-hybridized carbons (Fsp3) is 0.700. The molecule has 0 saturated heterocycles. The number of rotatable bonds is 7. The van der Waals surface area contributed by atoms with Crippen LogP contribution in [0.4, 0.5) is 0 Å². The van der Waals surface area contributed by atoms with E-state index < -0.39 is 10.2 Å². The summed E-state index contributed by atoms with van der Waals surface area (Å²) in [7, 11) is 0.776. The minimum Gasteiger partial charge on any atom is -0.474 e. The van der Waals surface area contributed by atoms with Gasteiger partial charge in [0.05, 0.1) is 5.39 Å². The second-order valence-electron chi connectivity index (χ2n) is 8.36. The number of ether oxygens (including phenoxy) is 1. The number of aromatic nitrogens is 2. The third kappa shape index (κ3) is 4.47. The van der Waals surface area contributed by atoms with Crippen LogP contribution in [0.1, 0.15) is 49.5 Å². The van der Waals surface area contributed by atoms with Gasteiger partial charge in [0.1, 0.15) is 17.3 Å². The molecule has 0 atom stereocenters. The predicted molar refractivity (Wildman–Crippen MR) is 119 cm³/mol. The third-order valence-corrected chi connectivity index (χ3v) is 8.85. The molecule has 1 aliphatic carbocycles. The van der Waals surface area contributed by atoms with Gasteiger partial charge in [0, 0.05) is 30.6 Å². The molecule has 2 aliphatic rings. The van der Waals surface area contributed by atoms with Gasteiger partial charge in [-0.05, 0) is 58.2 Å². The Morgan fingerprint density at radius 3 is 2.73 bits per heavy atom. The number of hydrogen-bond donors (Lipinski definition) is 1. The summed E-state index contributed by atoms with van der Waals surface area (Å²) in [4.78, 5) is 13.3.